The van der Waals surface area contributed by atoms with Crippen LogP contribution in [-0.4, -0.2) is 25.1 Å². The second kappa shape index (κ2) is 6.33. The van der Waals surface area contributed by atoms with Crippen molar-refractivity contribution in [1.29, 1.82) is 0 Å². The summed E-state index contributed by atoms with van der Waals surface area (Å²) in [5.41, 5.74) is 0. The molecule has 5 heteroatoms. The molecule has 0 bridgehead atoms. The van der Waals surface area contributed by atoms with Crippen LogP contribution in [0.5, 0.6) is 0 Å². The monoisotopic (exact) mass is 164 g/mol. The van der Waals surface area contributed by atoms with Crippen molar-refractivity contribution in [3.05, 3.63) is 12.2 Å². The second-order valence-electron chi connectivity index (χ2n) is 1.94. The van der Waals surface area contributed by atoms with Crippen molar-refractivity contribution in [1.82, 2.24) is 0 Å². The van der Waals surface area contributed by atoms with Crippen LogP contribution in [0.2, 0.25) is 0 Å². The predicted molar refractivity (Wildman–Crippen MR) is 47.2 cm³/mol. The molecule has 0 aliphatic rings. The molecular formula is C7H9BN2O2. The molecule has 0 aromatic heterocycles. The average Bonchev–Trinajstić information content (AvgIpc) is 1.98. The summed E-state index contributed by atoms with van der Waals surface area (Å²) in [5.74, 6) is -0.571. The van der Waals surface area contributed by atoms with Crippen LogP contribution in [0, 0.1) is 0 Å². The number of allylic oxidation sites excluding steroid dienone is 2. The van der Waals surface area contributed by atoms with Gasteiger partial charge >= 0.3 is 70.5 Å². The quantitative estimate of drug-likeness (QED) is 0.347. The maximum atomic E-state index is 10.7. The molecule has 0 spiro atoms. The Balaban J connectivity index is 3.92. The number of carbonyl (C=O) groups excluding carboxylic acids is 2. The van der Waals surface area contributed by atoms with Gasteiger partial charge in [0.15, 0.2) is 0 Å². The number of hydrogen-bond donors (Lipinski definition) is 0. The van der Waals surface area contributed by atoms with Gasteiger partial charge in [0.25, 0.3) is 0 Å². The topological polar surface area (TPSA) is 58.9 Å². The van der Waals surface area contributed by atoms with E-state index >= 15 is 0 Å². The zero-order valence-corrected chi connectivity index (χ0v) is 7.02. The zero-order chi connectivity index (χ0) is 9.40. The third-order valence-electron chi connectivity index (χ3n) is 0.839. The molecule has 0 fully saturated rings. The molecule has 12 heavy (non-hydrogen) atoms. The first kappa shape index (κ1) is 10.6. The molecule has 4 nitrogen and oxygen atoms in total. The summed E-state index contributed by atoms with van der Waals surface area (Å²) in [6, 6.07) is 0. The summed E-state index contributed by atoms with van der Waals surface area (Å²) >= 11 is 0. The molecule has 0 radical (unpaired) electrons. The summed E-state index contributed by atoms with van der Waals surface area (Å²) in [6.45, 7) is 3.04. The Kier molecular flexibility index (Phi) is 5.60. The average molecular weight is 164 g/mol. The fourth-order valence-electron chi connectivity index (χ4n) is 0.429. The summed E-state index contributed by atoms with van der Waals surface area (Å²) in [7, 11) is 1.05. The van der Waals surface area contributed by atoms with Crippen LogP contribution >= 0.6 is 0 Å². The fraction of sp³-hybridized carbons (Fsp3) is 0.286. The van der Waals surface area contributed by atoms with Crippen LogP contribution < -0.4 is 0 Å². The Morgan fingerprint density at radius 2 is 2.08 bits per heavy atom. The molecule has 62 valence electrons. The van der Waals surface area contributed by atoms with Gasteiger partial charge in [0.2, 0.25) is 0 Å². The first-order valence-corrected chi connectivity index (χ1v) is 3.39. The van der Waals surface area contributed by atoms with Gasteiger partial charge in [0, 0.05) is 0 Å². The first-order valence-electron chi connectivity index (χ1n) is 3.39. The van der Waals surface area contributed by atoms with Crippen molar-refractivity contribution in [2.75, 3.05) is 0 Å². The summed E-state index contributed by atoms with van der Waals surface area (Å²) in [5, 5.41) is 0. The van der Waals surface area contributed by atoms with Gasteiger partial charge in [0.1, 0.15) is 0 Å². The SMILES string of the molecule is C/C=C\C(=O)/C=N\B=N/C(C)=O. The minimum absolute atomic E-state index is 0.229. The van der Waals surface area contributed by atoms with E-state index in [1.54, 1.807) is 13.0 Å². The van der Waals surface area contributed by atoms with Gasteiger partial charge in [-0.1, -0.05) is 0 Å². The Labute approximate surface area is 71.4 Å². The number of nitrogens with zero attached hydrogens (tertiary/aromatic N) is 2. The molecule has 0 aromatic rings. The van der Waals surface area contributed by atoms with Gasteiger partial charge in [-0.05, 0) is 0 Å². The second-order valence-corrected chi connectivity index (χ2v) is 1.94. The van der Waals surface area contributed by atoms with Crippen LogP contribution in [0.1, 0.15) is 13.8 Å². The van der Waals surface area contributed by atoms with Gasteiger partial charge in [-0.25, -0.2) is 0 Å². The number of carbonyl (C=O) groups is 2. The van der Waals surface area contributed by atoms with Crippen LogP contribution in [0.3, 0.4) is 0 Å². The number of hydrogen-bond acceptors (Lipinski definition) is 2. The van der Waals surface area contributed by atoms with Crippen molar-refractivity contribution < 1.29 is 9.59 Å². The molecule has 0 atom stereocenters. The van der Waals surface area contributed by atoms with Crippen LogP contribution in [0.4, 0.5) is 0 Å². The van der Waals surface area contributed by atoms with Gasteiger partial charge < -0.3 is 0 Å². The third kappa shape index (κ3) is 6.73. The van der Waals surface area contributed by atoms with Gasteiger partial charge in [-0.2, -0.15) is 0 Å². The maximum absolute atomic E-state index is 10.7. The van der Waals surface area contributed by atoms with Crippen molar-refractivity contribution in [3.63, 3.8) is 0 Å². The van der Waals surface area contributed by atoms with E-state index in [9.17, 15) is 9.59 Å². The fourth-order valence-corrected chi connectivity index (χ4v) is 0.429. The van der Waals surface area contributed by atoms with E-state index < -0.39 is 0 Å². The molecular weight excluding hydrogens is 155 g/mol. The van der Waals surface area contributed by atoms with Crippen molar-refractivity contribution >= 4 is 25.1 Å². The van der Waals surface area contributed by atoms with Crippen LogP contribution in [-0.2, 0) is 9.59 Å². The molecule has 0 rings (SSSR count). The van der Waals surface area contributed by atoms with Crippen molar-refractivity contribution in [3.8, 4) is 0 Å². The van der Waals surface area contributed by atoms with Crippen molar-refractivity contribution in [2.45, 2.75) is 13.8 Å². The van der Waals surface area contributed by atoms with E-state index in [-0.39, 0.29) is 11.7 Å². The Hall–Kier alpha value is -1.39. The summed E-state index contributed by atoms with van der Waals surface area (Å²) < 4.78 is 0. The Morgan fingerprint density at radius 1 is 1.42 bits per heavy atom. The molecule has 0 N–H and O–H groups in total. The van der Waals surface area contributed by atoms with E-state index in [2.05, 4.69) is 9.80 Å². The van der Waals surface area contributed by atoms with E-state index in [4.69, 9.17) is 0 Å². The molecule has 0 saturated heterocycles. The molecule has 1 amide bonds. The number of amides is 1. The number of ketones is 1. The zero-order valence-electron chi connectivity index (χ0n) is 7.02. The number of rotatable bonds is 3. The van der Waals surface area contributed by atoms with Crippen molar-refractivity contribution in [2.24, 2.45) is 9.80 Å². The van der Waals surface area contributed by atoms with E-state index in [1.807, 2.05) is 0 Å². The molecule has 0 heterocycles. The molecule has 0 aliphatic carbocycles. The standard InChI is InChI=1S/C7H9BN2O2/c1-3-4-7(12)5-9-8-10-6(2)11/h3-5H,1-2H3/b4-3-,9-5-. The minimum atomic E-state index is -0.342. The van der Waals surface area contributed by atoms with Gasteiger partial charge in [0.05, 0.1) is 0 Å². The van der Waals surface area contributed by atoms with E-state index in [1.165, 1.54) is 13.0 Å². The van der Waals surface area contributed by atoms with Crippen LogP contribution in [0.25, 0.3) is 0 Å². The molecule has 0 aromatic carbocycles. The predicted octanol–water partition coefficient (Wildman–Crippen LogP) is 0.552. The molecule has 0 unspecified atom stereocenters. The van der Waals surface area contributed by atoms with E-state index in [0.717, 1.165) is 13.4 Å². The first-order chi connectivity index (χ1) is 5.66. The van der Waals surface area contributed by atoms with Gasteiger partial charge in [-0.3, -0.25) is 0 Å². The van der Waals surface area contributed by atoms with Crippen LogP contribution in [0.15, 0.2) is 22.0 Å². The Morgan fingerprint density at radius 3 is 2.58 bits per heavy atom. The Bertz CT molecular complexity index is 256. The summed E-state index contributed by atoms with van der Waals surface area (Å²) in [4.78, 5) is 27.8. The molecule has 0 aliphatic heterocycles. The van der Waals surface area contributed by atoms with Gasteiger partial charge in [-0.15, -0.1) is 0 Å². The summed E-state index contributed by atoms with van der Waals surface area (Å²) in [6.07, 6.45) is 4.06. The van der Waals surface area contributed by atoms with E-state index in [0.29, 0.717) is 0 Å². The normalized spacial score (nSPS) is 11.2. The molecule has 0 saturated carbocycles. The third-order valence-corrected chi connectivity index (χ3v) is 0.839.